The van der Waals surface area contributed by atoms with Crippen LogP contribution in [0.4, 0.5) is 23.2 Å². The Morgan fingerprint density at radius 1 is 1.19 bits per heavy atom. The molecule has 1 atom stereocenters. The predicted molar refractivity (Wildman–Crippen MR) is 117 cm³/mol. The minimum atomic E-state index is -4.70. The van der Waals surface area contributed by atoms with Gasteiger partial charge in [0.1, 0.15) is 12.4 Å². The first-order valence-electron chi connectivity index (χ1n) is 10.8. The first-order valence-corrected chi connectivity index (χ1v) is 10.8. The Bertz CT molecular complexity index is 1280. The van der Waals surface area contributed by atoms with Crippen LogP contribution in [0.15, 0.2) is 36.4 Å². The van der Waals surface area contributed by atoms with E-state index in [0.717, 1.165) is 12.1 Å². The molecule has 3 aromatic rings. The van der Waals surface area contributed by atoms with Crippen LogP contribution in [0.2, 0.25) is 0 Å². The summed E-state index contributed by atoms with van der Waals surface area (Å²) in [7, 11) is 1.48. The van der Waals surface area contributed by atoms with Gasteiger partial charge in [-0.15, -0.1) is 5.10 Å². The topological polar surface area (TPSA) is 119 Å². The molecule has 0 bridgehead atoms. The van der Waals surface area contributed by atoms with Crippen LogP contribution < -0.4 is 5.32 Å². The van der Waals surface area contributed by atoms with E-state index in [4.69, 9.17) is 9.47 Å². The minimum absolute atomic E-state index is 0.00310. The number of H-pyrrole nitrogens is 1. The van der Waals surface area contributed by atoms with E-state index in [1.54, 1.807) is 6.92 Å². The van der Waals surface area contributed by atoms with Crippen molar-refractivity contribution in [2.75, 3.05) is 19.0 Å². The predicted octanol–water partition coefficient (Wildman–Crippen LogP) is 3.89. The Balaban J connectivity index is 1.59. The lowest BCUT2D eigenvalue weighted by Crippen LogP contribution is -2.29. The average molecular weight is 507 g/mol. The van der Waals surface area contributed by atoms with Gasteiger partial charge in [-0.3, -0.25) is 4.79 Å². The summed E-state index contributed by atoms with van der Waals surface area (Å²) in [4.78, 5) is 25.7. The maximum Gasteiger partial charge on any atom is 0.416 e. The molecule has 1 fully saturated rings. The molecule has 1 amide bonds. The summed E-state index contributed by atoms with van der Waals surface area (Å²) in [6, 6.07) is 6.44. The standard InChI is InChI=1S/C23H21F4N5O4/c1-12(35-2)11-36-20(33)15-5-4-14(10-16(15)19-29-31-32-30-19)28-21(34)22(7-8-22)17-6-3-13(9-18(17)24)23(25,26)27/h3-6,9-10,12H,7-8,11H2,1-2H3,(H,28,34)(H,29,30,31,32). The fraction of sp³-hybridized carbons (Fsp3) is 0.348. The van der Waals surface area contributed by atoms with Gasteiger partial charge < -0.3 is 14.8 Å². The molecule has 2 aromatic carbocycles. The number of ether oxygens (including phenoxy) is 2. The summed E-state index contributed by atoms with van der Waals surface area (Å²) in [6.45, 7) is 1.73. The molecule has 0 aliphatic heterocycles. The number of hydrogen-bond donors (Lipinski definition) is 2. The van der Waals surface area contributed by atoms with Gasteiger partial charge in [-0.25, -0.2) is 14.3 Å². The number of methoxy groups -OCH3 is 1. The molecule has 2 N–H and O–H groups in total. The summed E-state index contributed by atoms with van der Waals surface area (Å²) < 4.78 is 63.6. The highest BCUT2D eigenvalue weighted by Crippen LogP contribution is 2.50. The van der Waals surface area contributed by atoms with E-state index < -0.39 is 34.8 Å². The van der Waals surface area contributed by atoms with Crippen LogP contribution in [0.25, 0.3) is 11.4 Å². The Hall–Kier alpha value is -3.87. The number of anilines is 1. The number of carbonyl (C=O) groups is 2. The molecule has 0 radical (unpaired) electrons. The number of nitrogens with zero attached hydrogens (tertiary/aromatic N) is 3. The van der Waals surface area contributed by atoms with E-state index in [1.807, 2.05) is 0 Å². The lowest BCUT2D eigenvalue weighted by atomic mass is 9.93. The van der Waals surface area contributed by atoms with E-state index in [-0.39, 0.29) is 53.8 Å². The number of halogens is 4. The smallest absolute Gasteiger partial charge is 0.416 e. The van der Waals surface area contributed by atoms with Crippen molar-refractivity contribution in [1.29, 1.82) is 0 Å². The second kappa shape index (κ2) is 9.64. The van der Waals surface area contributed by atoms with Gasteiger partial charge in [0.2, 0.25) is 5.91 Å². The number of rotatable bonds is 8. The summed E-state index contributed by atoms with van der Waals surface area (Å²) in [6.07, 6.45) is -4.50. The third kappa shape index (κ3) is 5.05. The molecular formula is C23H21F4N5O4. The van der Waals surface area contributed by atoms with Gasteiger partial charge >= 0.3 is 12.1 Å². The third-order valence-corrected chi connectivity index (χ3v) is 5.95. The molecular weight excluding hydrogens is 486 g/mol. The molecule has 4 rings (SSSR count). The highest BCUT2D eigenvalue weighted by molar-refractivity contribution is 6.03. The van der Waals surface area contributed by atoms with Crippen molar-refractivity contribution >= 4 is 17.6 Å². The first-order chi connectivity index (χ1) is 17.0. The molecule has 0 saturated heterocycles. The number of carbonyl (C=O) groups excluding carboxylic acids is 2. The second-order valence-electron chi connectivity index (χ2n) is 8.38. The Morgan fingerprint density at radius 3 is 2.53 bits per heavy atom. The van der Waals surface area contributed by atoms with Crippen molar-refractivity contribution in [3.63, 3.8) is 0 Å². The fourth-order valence-electron chi connectivity index (χ4n) is 3.68. The molecule has 190 valence electrons. The highest BCUT2D eigenvalue weighted by Gasteiger charge is 2.53. The summed E-state index contributed by atoms with van der Waals surface area (Å²) >= 11 is 0. The van der Waals surface area contributed by atoms with Crippen LogP contribution in [-0.2, 0) is 25.9 Å². The van der Waals surface area contributed by atoms with Crippen LogP contribution in [0, 0.1) is 5.82 Å². The number of aromatic nitrogens is 4. The first kappa shape index (κ1) is 25.2. The Labute approximate surface area is 202 Å². The van der Waals surface area contributed by atoms with E-state index in [9.17, 15) is 27.2 Å². The quantitative estimate of drug-likeness (QED) is 0.351. The molecule has 9 nitrogen and oxygen atoms in total. The number of benzene rings is 2. The monoisotopic (exact) mass is 507 g/mol. The van der Waals surface area contributed by atoms with E-state index in [2.05, 4.69) is 25.9 Å². The molecule has 1 aliphatic rings. The van der Waals surface area contributed by atoms with Crippen LogP contribution in [0.5, 0.6) is 0 Å². The third-order valence-electron chi connectivity index (χ3n) is 5.95. The molecule has 36 heavy (non-hydrogen) atoms. The number of hydrogen-bond acceptors (Lipinski definition) is 7. The largest absolute Gasteiger partial charge is 0.459 e. The summed E-state index contributed by atoms with van der Waals surface area (Å²) in [5.41, 5.74) is -1.95. The van der Waals surface area contributed by atoms with Crippen LogP contribution in [0.3, 0.4) is 0 Å². The van der Waals surface area contributed by atoms with Crippen LogP contribution >= 0.6 is 0 Å². The van der Waals surface area contributed by atoms with Crippen molar-refractivity contribution < 1.29 is 36.6 Å². The normalized spacial score (nSPS) is 15.3. The molecule has 1 aromatic heterocycles. The molecule has 1 heterocycles. The van der Waals surface area contributed by atoms with Gasteiger partial charge in [0.05, 0.1) is 22.6 Å². The van der Waals surface area contributed by atoms with E-state index >= 15 is 0 Å². The zero-order chi connectivity index (χ0) is 26.1. The molecule has 1 aliphatic carbocycles. The lowest BCUT2D eigenvalue weighted by molar-refractivity contribution is -0.137. The lowest BCUT2D eigenvalue weighted by Gasteiger charge is -2.18. The molecule has 13 heteroatoms. The van der Waals surface area contributed by atoms with Crippen molar-refractivity contribution in [2.24, 2.45) is 0 Å². The second-order valence-corrected chi connectivity index (χ2v) is 8.38. The maximum absolute atomic E-state index is 14.6. The number of aromatic amines is 1. The average Bonchev–Trinajstić information content (AvgIpc) is 3.46. The maximum atomic E-state index is 14.6. The number of alkyl halides is 3. The van der Waals surface area contributed by atoms with E-state index in [0.29, 0.717) is 6.07 Å². The van der Waals surface area contributed by atoms with Gasteiger partial charge in [0, 0.05) is 23.9 Å². The van der Waals surface area contributed by atoms with E-state index in [1.165, 1.54) is 25.3 Å². The van der Waals surface area contributed by atoms with Gasteiger partial charge in [-0.2, -0.15) is 13.2 Å². The summed E-state index contributed by atoms with van der Waals surface area (Å²) in [5, 5.41) is 16.0. The van der Waals surface area contributed by atoms with Crippen molar-refractivity contribution in [2.45, 2.75) is 37.5 Å². The zero-order valence-electron chi connectivity index (χ0n) is 19.1. The number of tetrazole rings is 1. The van der Waals surface area contributed by atoms with Crippen molar-refractivity contribution in [1.82, 2.24) is 20.6 Å². The Kier molecular flexibility index (Phi) is 6.76. The zero-order valence-corrected chi connectivity index (χ0v) is 19.1. The SMILES string of the molecule is COC(C)COC(=O)c1ccc(NC(=O)C2(c3ccc(C(F)(F)F)cc3F)CC2)cc1-c1nnn[nH]1. The molecule has 0 spiro atoms. The van der Waals surface area contributed by atoms with Crippen molar-refractivity contribution in [3.05, 3.63) is 58.9 Å². The fourth-order valence-corrected chi connectivity index (χ4v) is 3.68. The van der Waals surface area contributed by atoms with Gasteiger partial charge in [-0.05, 0) is 60.5 Å². The summed E-state index contributed by atoms with van der Waals surface area (Å²) in [5.74, 6) is -2.23. The van der Waals surface area contributed by atoms with Crippen molar-refractivity contribution in [3.8, 4) is 11.4 Å². The number of amides is 1. The van der Waals surface area contributed by atoms with Crippen LogP contribution in [0.1, 0.15) is 41.3 Å². The number of esters is 1. The molecule has 1 unspecified atom stereocenters. The Morgan fingerprint density at radius 2 is 1.94 bits per heavy atom. The van der Waals surface area contributed by atoms with Crippen LogP contribution in [-0.4, -0.2) is 52.3 Å². The van der Waals surface area contributed by atoms with Gasteiger partial charge in [-0.1, -0.05) is 6.07 Å². The van der Waals surface area contributed by atoms with Gasteiger partial charge in [0.25, 0.3) is 0 Å². The molecule has 1 saturated carbocycles. The number of nitrogens with one attached hydrogen (secondary N) is 2. The van der Waals surface area contributed by atoms with Gasteiger partial charge in [0.15, 0.2) is 5.82 Å². The highest BCUT2D eigenvalue weighted by atomic mass is 19.4. The minimum Gasteiger partial charge on any atom is -0.459 e.